The van der Waals surface area contributed by atoms with Crippen LogP contribution in [-0.2, 0) is 0 Å². The average Bonchev–Trinajstić information content (AvgIpc) is 2.53. The molecule has 1 aromatic carbocycles. The van der Waals surface area contributed by atoms with Gasteiger partial charge in [0.25, 0.3) is 5.56 Å². The van der Waals surface area contributed by atoms with Crippen LogP contribution in [0, 0.1) is 11.2 Å². The van der Waals surface area contributed by atoms with Crippen LogP contribution in [0.3, 0.4) is 0 Å². The normalized spacial score (nSPS) is 21.2. The van der Waals surface area contributed by atoms with Gasteiger partial charge in [0.15, 0.2) is 0 Å². The Morgan fingerprint density at radius 2 is 2.04 bits per heavy atom. The summed E-state index contributed by atoms with van der Waals surface area (Å²) in [6.07, 6.45) is 1.81. The van der Waals surface area contributed by atoms with E-state index < -0.39 is 11.9 Å². The number of carbonyl (C=O) groups is 1. The van der Waals surface area contributed by atoms with E-state index in [1.807, 2.05) is 20.8 Å². The third-order valence-electron chi connectivity index (χ3n) is 5.16. The van der Waals surface area contributed by atoms with E-state index in [1.165, 1.54) is 11.0 Å². The standard InChI is InChI=1S/C19H22BrFN2O3/c1-19(2,3)15-10-13(5-7-23(15)18(25)26)22-6-4-11-8-12(20)9-14(21)16(11)17(22)24/h4,6,8-9,13,15H,5,7,10H2,1-3H3,(H,25,26). The van der Waals surface area contributed by atoms with Crippen LogP contribution in [0.15, 0.2) is 33.7 Å². The van der Waals surface area contributed by atoms with E-state index >= 15 is 0 Å². The number of hydrogen-bond acceptors (Lipinski definition) is 2. The first-order chi connectivity index (χ1) is 12.1. The van der Waals surface area contributed by atoms with Gasteiger partial charge >= 0.3 is 6.09 Å². The van der Waals surface area contributed by atoms with E-state index in [9.17, 15) is 19.1 Å². The fourth-order valence-corrected chi connectivity index (χ4v) is 4.29. The number of aromatic nitrogens is 1. The van der Waals surface area contributed by atoms with Gasteiger partial charge in [-0.2, -0.15) is 0 Å². The highest BCUT2D eigenvalue weighted by Crippen LogP contribution is 2.36. The first-order valence-corrected chi connectivity index (χ1v) is 9.38. The Labute approximate surface area is 159 Å². The molecule has 1 aliphatic heterocycles. The fraction of sp³-hybridized carbons (Fsp3) is 0.474. The highest BCUT2D eigenvalue weighted by Gasteiger charge is 2.39. The Morgan fingerprint density at radius 1 is 1.35 bits per heavy atom. The summed E-state index contributed by atoms with van der Waals surface area (Å²) < 4.78 is 16.5. The lowest BCUT2D eigenvalue weighted by molar-refractivity contribution is 0.0424. The summed E-state index contributed by atoms with van der Waals surface area (Å²) in [7, 11) is 0. The van der Waals surface area contributed by atoms with Crippen molar-refractivity contribution in [3.63, 3.8) is 0 Å². The molecule has 0 aliphatic carbocycles. The molecule has 0 spiro atoms. The molecule has 140 valence electrons. The van der Waals surface area contributed by atoms with Crippen LogP contribution in [0.4, 0.5) is 9.18 Å². The van der Waals surface area contributed by atoms with E-state index in [0.29, 0.717) is 29.2 Å². The molecule has 0 saturated carbocycles. The second kappa shape index (κ2) is 6.68. The van der Waals surface area contributed by atoms with E-state index in [2.05, 4.69) is 15.9 Å². The van der Waals surface area contributed by atoms with Crippen LogP contribution in [0.5, 0.6) is 0 Å². The Hall–Kier alpha value is -1.89. The molecule has 1 aromatic heterocycles. The summed E-state index contributed by atoms with van der Waals surface area (Å²) in [6.45, 7) is 6.35. The number of fused-ring (bicyclic) bond motifs is 1. The van der Waals surface area contributed by atoms with Gasteiger partial charge in [-0.15, -0.1) is 0 Å². The molecule has 1 aliphatic rings. The van der Waals surface area contributed by atoms with Crippen molar-refractivity contribution in [1.29, 1.82) is 0 Å². The van der Waals surface area contributed by atoms with Crippen LogP contribution in [0.1, 0.15) is 39.7 Å². The van der Waals surface area contributed by atoms with Gasteiger partial charge in [0, 0.05) is 29.3 Å². The monoisotopic (exact) mass is 424 g/mol. The molecule has 7 heteroatoms. The number of nitrogens with zero attached hydrogens (tertiary/aromatic N) is 2. The van der Waals surface area contributed by atoms with Crippen LogP contribution in [-0.4, -0.2) is 33.3 Å². The van der Waals surface area contributed by atoms with Gasteiger partial charge in [0.2, 0.25) is 0 Å². The van der Waals surface area contributed by atoms with E-state index in [4.69, 9.17) is 0 Å². The molecule has 1 N–H and O–H groups in total. The van der Waals surface area contributed by atoms with E-state index in [0.717, 1.165) is 0 Å². The molecule has 0 radical (unpaired) electrons. The van der Waals surface area contributed by atoms with Crippen molar-refractivity contribution in [3.8, 4) is 0 Å². The first-order valence-electron chi connectivity index (χ1n) is 8.59. The highest BCUT2D eigenvalue weighted by atomic mass is 79.9. The van der Waals surface area contributed by atoms with Gasteiger partial charge < -0.3 is 14.6 Å². The minimum atomic E-state index is -0.940. The third kappa shape index (κ3) is 3.37. The largest absolute Gasteiger partial charge is 0.465 e. The number of pyridine rings is 1. The number of halogens is 2. The van der Waals surface area contributed by atoms with Crippen LogP contribution in [0.2, 0.25) is 0 Å². The minimum absolute atomic E-state index is 0.0728. The number of carboxylic acid groups (broad SMARTS) is 1. The summed E-state index contributed by atoms with van der Waals surface area (Å²) in [5.41, 5.74) is -0.623. The lowest BCUT2D eigenvalue weighted by Gasteiger charge is -2.45. The number of amides is 1. The molecule has 0 bridgehead atoms. The van der Waals surface area contributed by atoms with Gasteiger partial charge in [0.1, 0.15) is 5.82 Å². The summed E-state index contributed by atoms with van der Waals surface area (Å²) in [5, 5.41) is 10.1. The van der Waals surface area contributed by atoms with Crippen LogP contribution in [0.25, 0.3) is 10.8 Å². The molecule has 2 aromatic rings. The lowest BCUT2D eigenvalue weighted by atomic mass is 9.79. The summed E-state index contributed by atoms with van der Waals surface area (Å²) in [6, 6.07) is 4.37. The maximum absolute atomic E-state index is 14.4. The average molecular weight is 425 g/mol. The molecule has 1 saturated heterocycles. The Kier molecular flexibility index (Phi) is 4.86. The first kappa shape index (κ1) is 18.9. The number of benzene rings is 1. The number of likely N-dealkylation sites (tertiary alicyclic amines) is 1. The van der Waals surface area contributed by atoms with Crippen molar-refractivity contribution in [3.05, 3.63) is 45.0 Å². The SMILES string of the molecule is CC(C)(C)C1CC(n2ccc3cc(Br)cc(F)c3c2=O)CCN1C(=O)O. The third-order valence-corrected chi connectivity index (χ3v) is 5.62. The zero-order chi connectivity index (χ0) is 19.2. The minimum Gasteiger partial charge on any atom is -0.465 e. The van der Waals surface area contributed by atoms with E-state index in [-0.39, 0.29) is 28.4 Å². The molecule has 5 nitrogen and oxygen atoms in total. The predicted octanol–water partition coefficient (Wildman–Crippen LogP) is 4.63. The second-order valence-electron chi connectivity index (χ2n) is 7.92. The molecular formula is C19H22BrFN2O3. The second-order valence-corrected chi connectivity index (χ2v) is 8.83. The van der Waals surface area contributed by atoms with Gasteiger partial charge in [-0.3, -0.25) is 4.79 Å². The van der Waals surface area contributed by atoms with Crippen molar-refractivity contribution in [1.82, 2.24) is 9.47 Å². The van der Waals surface area contributed by atoms with Crippen molar-refractivity contribution in [2.45, 2.75) is 45.7 Å². The Balaban J connectivity index is 2.03. The Bertz CT molecular complexity index is 919. The van der Waals surface area contributed by atoms with Crippen LogP contribution >= 0.6 is 15.9 Å². The van der Waals surface area contributed by atoms with Crippen molar-refractivity contribution < 1.29 is 14.3 Å². The Morgan fingerprint density at radius 3 is 2.65 bits per heavy atom. The summed E-state index contributed by atoms with van der Waals surface area (Å²) in [5.74, 6) is -0.552. The maximum atomic E-state index is 14.4. The predicted molar refractivity (Wildman–Crippen MR) is 102 cm³/mol. The van der Waals surface area contributed by atoms with Crippen molar-refractivity contribution in [2.75, 3.05) is 6.54 Å². The zero-order valence-corrected chi connectivity index (χ0v) is 16.6. The van der Waals surface area contributed by atoms with Gasteiger partial charge in [-0.25, -0.2) is 9.18 Å². The fourth-order valence-electron chi connectivity index (χ4n) is 3.84. The molecule has 2 heterocycles. The molecule has 2 unspecified atom stereocenters. The lowest BCUT2D eigenvalue weighted by Crippen LogP contribution is -2.52. The van der Waals surface area contributed by atoms with E-state index in [1.54, 1.807) is 22.9 Å². The molecule has 3 rings (SSSR count). The number of rotatable bonds is 1. The zero-order valence-electron chi connectivity index (χ0n) is 15.0. The molecule has 1 fully saturated rings. The van der Waals surface area contributed by atoms with Crippen molar-refractivity contribution >= 4 is 32.8 Å². The maximum Gasteiger partial charge on any atom is 0.407 e. The number of hydrogen-bond donors (Lipinski definition) is 1. The molecule has 1 amide bonds. The molecular weight excluding hydrogens is 403 g/mol. The van der Waals surface area contributed by atoms with Crippen LogP contribution < -0.4 is 5.56 Å². The smallest absolute Gasteiger partial charge is 0.407 e. The van der Waals surface area contributed by atoms with Gasteiger partial charge in [-0.1, -0.05) is 36.7 Å². The van der Waals surface area contributed by atoms with Crippen molar-refractivity contribution in [2.24, 2.45) is 5.41 Å². The summed E-state index contributed by atoms with van der Waals surface area (Å²) in [4.78, 5) is 25.9. The van der Waals surface area contributed by atoms with Gasteiger partial charge in [-0.05, 0) is 41.8 Å². The highest BCUT2D eigenvalue weighted by molar-refractivity contribution is 9.10. The number of piperidine rings is 1. The molecule has 2 atom stereocenters. The quantitative estimate of drug-likeness (QED) is 0.725. The summed E-state index contributed by atoms with van der Waals surface area (Å²) >= 11 is 3.24. The molecule has 26 heavy (non-hydrogen) atoms. The van der Waals surface area contributed by atoms with Gasteiger partial charge in [0.05, 0.1) is 5.39 Å². The topological polar surface area (TPSA) is 62.5 Å².